The lowest BCUT2D eigenvalue weighted by Gasteiger charge is -2.31. The molecule has 5 aliphatic heterocycles. The number of benzene rings is 3. The minimum Gasteiger partial charge on any atom is -0.493 e. The van der Waals surface area contributed by atoms with Gasteiger partial charge in [-0.1, -0.05) is 43.5 Å². The molecule has 5 aliphatic rings. The molecule has 0 saturated heterocycles. The van der Waals surface area contributed by atoms with Gasteiger partial charge in [0.05, 0.1) is 74.1 Å². The van der Waals surface area contributed by atoms with Gasteiger partial charge in [-0.05, 0) is 125 Å². The maximum absolute atomic E-state index is 14.3. The van der Waals surface area contributed by atoms with E-state index in [1.807, 2.05) is 20.0 Å². The van der Waals surface area contributed by atoms with Crippen molar-refractivity contribution in [2.75, 3.05) is 55.7 Å². The van der Waals surface area contributed by atoms with Crippen LogP contribution in [0.25, 0.3) is 0 Å². The van der Waals surface area contributed by atoms with E-state index in [0.717, 1.165) is 27.4 Å². The average molecular weight is 1390 g/mol. The van der Waals surface area contributed by atoms with Gasteiger partial charge in [-0.25, -0.2) is 9.69 Å². The van der Waals surface area contributed by atoms with Gasteiger partial charge in [-0.3, -0.25) is 53.0 Å². The summed E-state index contributed by atoms with van der Waals surface area (Å²) < 4.78 is 29.5. The molecule has 510 valence electrons. The Morgan fingerprint density at radius 2 is 1.26 bits per heavy atom. The van der Waals surface area contributed by atoms with Crippen LogP contribution in [0.15, 0.2) is 86.9 Å². The van der Waals surface area contributed by atoms with E-state index in [4.69, 9.17) is 35.2 Å². The first kappa shape index (κ1) is 72.9. The third-order valence-electron chi connectivity index (χ3n) is 16.1. The number of unbranched alkanes of at least 4 members (excludes halogenated alkanes) is 4. The zero-order valence-corrected chi connectivity index (χ0v) is 57.2. The van der Waals surface area contributed by atoms with Crippen LogP contribution in [0.5, 0.6) is 23.0 Å². The lowest BCUT2D eigenvalue weighted by atomic mass is 10.0. The number of nitrogens with two attached hydrogens (primary N) is 2. The zero-order chi connectivity index (χ0) is 68.9. The summed E-state index contributed by atoms with van der Waals surface area (Å²) >= 11 is 9.00. The van der Waals surface area contributed by atoms with E-state index in [1.54, 1.807) is 67.6 Å². The number of nitrogens with zero attached hydrogens (tertiary/aromatic N) is 5. The summed E-state index contributed by atoms with van der Waals surface area (Å²) in [5.41, 5.74) is 15.4. The van der Waals surface area contributed by atoms with E-state index in [-0.39, 0.29) is 101 Å². The van der Waals surface area contributed by atoms with E-state index in [0.29, 0.717) is 96.2 Å². The Labute approximate surface area is 569 Å². The summed E-state index contributed by atoms with van der Waals surface area (Å²) in [4.78, 5) is 143. The number of aliphatic hydroxyl groups excluding tert-OH is 1. The van der Waals surface area contributed by atoms with Crippen LogP contribution in [0.1, 0.15) is 119 Å². The van der Waals surface area contributed by atoms with E-state index < -0.39 is 88.2 Å². The molecule has 3 aromatic rings. The van der Waals surface area contributed by atoms with Crippen molar-refractivity contribution in [3.63, 3.8) is 0 Å². The molecule has 5 heterocycles. The maximum Gasteiger partial charge on any atom is 0.416 e. The number of amides is 8. The molecule has 0 radical (unpaired) electrons. The lowest BCUT2D eigenvalue weighted by molar-refractivity contribution is -0.137. The van der Waals surface area contributed by atoms with Crippen LogP contribution in [-0.2, 0) is 44.9 Å². The van der Waals surface area contributed by atoms with E-state index in [1.165, 1.54) is 38.2 Å². The normalized spacial score (nSPS) is 18.6. The Balaban J connectivity index is 0.802. The summed E-state index contributed by atoms with van der Waals surface area (Å²) in [5, 5.41) is 18.9. The van der Waals surface area contributed by atoms with Crippen LogP contribution in [0, 0.1) is 5.92 Å². The van der Waals surface area contributed by atoms with Gasteiger partial charge in [0.15, 0.2) is 29.2 Å². The minimum atomic E-state index is -1.54. The quantitative estimate of drug-likeness (QED) is 0.0200. The number of aliphatic hydroxyl groups is 1. The van der Waals surface area contributed by atoms with Gasteiger partial charge in [0.1, 0.15) is 28.5 Å². The fourth-order valence-corrected chi connectivity index (χ4v) is 13.3. The third-order valence-corrected chi connectivity index (χ3v) is 19.2. The Bertz CT molecular complexity index is 3560. The minimum absolute atomic E-state index is 0.00795. The molecule has 8 N–H and O–H groups in total. The molecule has 0 aromatic heterocycles. The number of fused-ring (bicyclic) bond motifs is 4. The van der Waals surface area contributed by atoms with Gasteiger partial charge in [0.25, 0.3) is 23.6 Å². The fraction of sp³-hybridized carbons (Fsp3) is 0.462. The molecule has 0 fully saturated rings. The molecule has 8 amide bonds. The Morgan fingerprint density at radius 1 is 0.695 bits per heavy atom. The van der Waals surface area contributed by atoms with E-state index >= 15 is 0 Å². The molecule has 0 spiro atoms. The zero-order valence-electron chi connectivity index (χ0n) is 53.7. The van der Waals surface area contributed by atoms with E-state index in [2.05, 4.69) is 46.2 Å². The maximum atomic E-state index is 14.3. The molecule has 0 saturated carbocycles. The summed E-state index contributed by atoms with van der Waals surface area (Å²) in [6, 6.07) is 7.59. The molecule has 30 heteroatoms. The Kier molecular flexibility index (Phi) is 25.5. The summed E-state index contributed by atoms with van der Waals surface area (Å²) in [6.07, 6.45) is 6.65. The van der Waals surface area contributed by atoms with Gasteiger partial charge < -0.3 is 66.0 Å². The van der Waals surface area contributed by atoms with Crippen molar-refractivity contribution in [3.8, 4) is 23.0 Å². The second kappa shape index (κ2) is 33.2. The molecule has 26 nitrogen and oxygen atoms in total. The second-order valence-electron chi connectivity index (χ2n) is 23.7. The number of anilines is 2. The van der Waals surface area contributed by atoms with Crippen molar-refractivity contribution in [3.05, 3.63) is 98.6 Å². The van der Waals surface area contributed by atoms with Gasteiger partial charge in [-0.2, -0.15) is 25.3 Å². The molecule has 3 aromatic carbocycles. The first-order valence-electron chi connectivity index (χ1n) is 31.0. The van der Waals surface area contributed by atoms with Crippen molar-refractivity contribution in [2.24, 2.45) is 22.4 Å². The van der Waals surface area contributed by atoms with Crippen molar-refractivity contribution in [1.82, 2.24) is 25.3 Å². The molecule has 7 atom stereocenters. The first-order valence-corrected chi connectivity index (χ1v) is 33.9. The van der Waals surface area contributed by atoms with Crippen LogP contribution in [0.2, 0.25) is 0 Å². The molecular weight excluding hydrogens is 1310 g/mol. The number of hydrogen-bond donors (Lipinski definition) is 8. The topological polar surface area (TPSA) is 351 Å². The summed E-state index contributed by atoms with van der Waals surface area (Å²) in [5.74, 6) is -2.86. The number of thioether (sulfide) groups is 2. The molecular formula is C65H80N10O16S4. The number of hydrogen-bond acceptors (Lipinski definition) is 23. The molecule has 0 unspecified atom stereocenters. The van der Waals surface area contributed by atoms with Crippen molar-refractivity contribution in [1.29, 1.82) is 0 Å². The fourth-order valence-electron chi connectivity index (χ4n) is 10.9. The van der Waals surface area contributed by atoms with Gasteiger partial charge in [-0.15, -0.1) is 0 Å². The summed E-state index contributed by atoms with van der Waals surface area (Å²) in [7, 11) is 2.94. The molecule has 8 rings (SSSR count). The van der Waals surface area contributed by atoms with Gasteiger partial charge in [0, 0.05) is 60.9 Å². The number of carbonyl (C=O) groups is 10. The number of nitrogens with one attached hydrogen (secondary N) is 3. The van der Waals surface area contributed by atoms with Gasteiger partial charge >= 0.3 is 6.09 Å². The van der Waals surface area contributed by atoms with Crippen LogP contribution in [0.3, 0.4) is 0 Å². The van der Waals surface area contributed by atoms with Gasteiger partial charge in [0.2, 0.25) is 28.0 Å². The smallest absolute Gasteiger partial charge is 0.416 e. The Hall–Kier alpha value is -7.87. The highest BCUT2D eigenvalue weighted by Gasteiger charge is 2.46. The highest BCUT2D eigenvalue weighted by molar-refractivity contribution is 8.21. The van der Waals surface area contributed by atoms with Crippen LogP contribution in [-0.4, -0.2) is 172 Å². The van der Waals surface area contributed by atoms with Crippen LogP contribution >= 0.6 is 48.8 Å². The highest BCUT2D eigenvalue weighted by atomic mass is 32.2. The molecule has 95 heavy (non-hydrogen) atoms. The van der Waals surface area contributed by atoms with E-state index in [9.17, 15) is 53.1 Å². The number of thiol groups is 2. The van der Waals surface area contributed by atoms with Crippen molar-refractivity contribution < 1.29 is 76.7 Å². The SMILES string of the molecule is COc1cc2c(cc1OCCCCCOc1cc3c(cc1OC)C(=O)N1C=C(C)C[C@@H]1[C@@H](O)N3C(=O)OCc1ccc(NC(=O)[C@@H](C)NC(=O)[C@H](NC(=O)CCCCCN3C(=O)C(SC(=O)[C@@H](N)CS)=C(SC(=O)[C@@H](N)CS)C3=O)C(C)C)cc1)N=C[C@H]1CC(C)=CN1C2=O. The first-order chi connectivity index (χ1) is 45.4. The lowest BCUT2D eigenvalue weighted by Crippen LogP contribution is -2.53. The predicted octanol–water partition coefficient (Wildman–Crippen LogP) is 6.52. The number of carbonyl (C=O) groups excluding carboxylic acids is 10. The number of aliphatic imine (C=N–C) groups is 1. The number of rotatable bonds is 30. The molecule has 0 aliphatic carbocycles. The summed E-state index contributed by atoms with van der Waals surface area (Å²) in [6.45, 7) is 8.95. The van der Waals surface area contributed by atoms with Crippen LogP contribution < -0.4 is 51.3 Å². The Morgan fingerprint density at radius 3 is 1.86 bits per heavy atom. The number of imide groups is 1. The van der Waals surface area contributed by atoms with Crippen LogP contribution in [0.4, 0.5) is 21.9 Å². The van der Waals surface area contributed by atoms with Crippen molar-refractivity contribution >= 4 is 130 Å². The largest absolute Gasteiger partial charge is 0.493 e. The number of ether oxygens (including phenoxy) is 5. The third kappa shape index (κ3) is 17.6. The number of methoxy groups -OCH3 is 2. The van der Waals surface area contributed by atoms with Crippen molar-refractivity contribution in [2.45, 2.75) is 141 Å². The second-order valence-corrected chi connectivity index (χ2v) is 26.4. The standard InChI is InChI=1S/C65H80N10O16S4/c1-34(2)53(71-52(76)14-10-8-11-19-72-61(82)54(94-63(84)43(66)32-92)55(62(72)83)95-64(85)44(67)33-93)57(78)69-37(5)56(77)70-39-17-15-38(16-18-39)31-91-65(86)75-46-27-51(49(88-7)25-42(46)59(80)74-30-36(4)23-47(74)60(75)81)90-21-13-9-12-20-89-50-26-45-41(24-48(50)87-6)58(79)73-29-35(3)22-40(73)28-68-45/h15-18,24-30,34,37,40,43-44,47,53,60,81,92-93H,8-14,19-23,31-33,66-67H2,1-7H3,(H,69,78)(H,70,77)(H,71,76)/t37-,40-,43+,44+,47-,53-,60-/m1/s1. The monoisotopic (exact) mass is 1380 g/mol. The molecule has 0 bridgehead atoms. The highest BCUT2D eigenvalue weighted by Crippen LogP contribution is 2.44. The predicted molar refractivity (Wildman–Crippen MR) is 365 cm³/mol. The average Bonchev–Trinajstić information content (AvgIpc) is 1.64.